The van der Waals surface area contributed by atoms with E-state index in [9.17, 15) is 0 Å². The van der Waals surface area contributed by atoms with Crippen LogP contribution < -0.4 is 5.46 Å². The molecule has 0 N–H and O–H groups in total. The zero-order chi connectivity index (χ0) is 29.2. The van der Waals surface area contributed by atoms with E-state index in [1.165, 1.54) is 20.2 Å². The van der Waals surface area contributed by atoms with Gasteiger partial charge in [-0.25, -0.2) is 4.98 Å². The van der Waals surface area contributed by atoms with Gasteiger partial charge in [-0.1, -0.05) is 92.7 Å². The highest BCUT2D eigenvalue weighted by atomic mass is 32.1. The van der Waals surface area contributed by atoms with Gasteiger partial charge in [0.25, 0.3) is 0 Å². The third kappa shape index (κ3) is 4.41. The quantitative estimate of drug-likeness (QED) is 0.194. The Kier molecular flexibility index (Phi) is 6.43. The number of hydrogen-bond acceptors (Lipinski definition) is 4. The summed E-state index contributed by atoms with van der Waals surface area (Å²) in [6.07, 6.45) is 0. The number of benzene rings is 4. The Bertz CT molecular complexity index is 1910. The van der Waals surface area contributed by atoms with Crippen LogP contribution in [0.4, 0.5) is 0 Å². The fraction of sp³-hybridized carbons (Fsp3) is 0.250. The molecule has 0 saturated carbocycles. The number of hydrogen-bond donors (Lipinski definition) is 0. The Balaban J connectivity index is 1.39. The fourth-order valence-corrected chi connectivity index (χ4v) is 6.91. The molecule has 0 radical (unpaired) electrons. The van der Waals surface area contributed by atoms with E-state index >= 15 is 0 Å². The van der Waals surface area contributed by atoms with Crippen molar-refractivity contribution in [1.82, 2.24) is 9.55 Å². The molecule has 1 aliphatic heterocycles. The highest BCUT2D eigenvalue weighted by Crippen LogP contribution is 2.41. The highest BCUT2D eigenvalue weighted by Gasteiger charge is 2.51. The molecule has 6 aromatic rings. The van der Waals surface area contributed by atoms with Crippen LogP contribution in [-0.2, 0) is 9.31 Å². The first-order valence-electron chi connectivity index (χ1n) is 14.7. The molecule has 2 aromatic heterocycles. The molecule has 1 saturated heterocycles. The minimum Gasteiger partial charge on any atom is -0.399 e. The van der Waals surface area contributed by atoms with E-state index in [2.05, 4.69) is 143 Å². The molecule has 0 unspecified atom stereocenters. The summed E-state index contributed by atoms with van der Waals surface area (Å²) in [6.45, 7) is 12.8. The molecule has 0 aliphatic carbocycles. The monoisotopic (exact) mass is 570 g/mol. The molecule has 4 aromatic carbocycles. The van der Waals surface area contributed by atoms with Gasteiger partial charge in [-0.3, -0.25) is 4.57 Å². The van der Waals surface area contributed by atoms with E-state index in [-0.39, 0.29) is 24.2 Å². The molecule has 1 aliphatic rings. The van der Waals surface area contributed by atoms with Crippen LogP contribution in [0.1, 0.15) is 53.3 Å². The molecule has 0 bridgehead atoms. The lowest BCUT2D eigenvalue weighted by atomic mass is 9.78. The predicted octanol–water partition coefficient (Wildman–Crippen LogP) is 9.00. The summed E-state index contributed by atoms with van der Waals surface area (Å²) in [7, 11) is -0.377. The first-order chi connectivity index (χ1) is 20.1. The van der Waals surface area contributed by atoms with Crippen molar-refractivity contribution < 1.29 is 9.31 Å². The predicted molar refractivity (Wildman–Crippen MR) is 177 cm³/mol. The maximum absolute atomic E-state index is 6.37. The molecule has 3 heterocycles. The van der Waals surface area contributed by atoms with Crippen LogP contribution >= 0.6 is 11.3 Å². The van der Waals surface area contributed by atoms with Crippen LogP contribution in [0.3, 0.4) is 0 Å². The number of fused-ring (bicyclic) bond motifs is 3. The molecule has 0 atom stereocenters. The van der Waals surface area contributed by atoms with Crippen molar-refractivity contribution in [3.63, 3.8) is 0 Å². The summed E-state index contributed by atoms with van der Waals surface area (Å²) < 4.78 is 17.6. The Morgan fingerprint density at radius 2 is 1.36 bits per heavy atom. The maximum atomic E-state index is 6.37. The summed E-state index contributed by atoms with van der Waals surface area (Å²) in [6, 6.07) is 34.6. The molecule has 0 spiro atoms. The average Bonchev–Trinajstić information content (AvgIpc) is 3.62. The summed E-state index contributed by atoms with van der Waals surface area (Å²) in [5.41, 5.74) is 5.84. The summed E-state index contributed by atoms with van der Waals surface area (Å²) in [4.78, 5) is 5.27. The average molecular weight is 571 g/mol. The van der Waals surface area contributed by atoms with Crippen molar-refractivity contribution >= 4 is 44.1 Å². The van der Waals surface area contributed by atoms with E-state index < -0.39 is 0 Å². The van der Waals surface area contributed by atoms with E-state index in [1.54, 1.807) is 0 Å². The van der Waals surface area contributed by atoms with Gasteiger partial charge >= 0.3 is 7.12 Å². The van der Waals surface area contributed by atoms with Crippen molar-refractivity contribution in [2.75, 3.05) is 0 Å². The lowest BCUT2D eigenvalue weighted by molar-refractivity contribution is 0.00578. The second kappa shape index (κ2) is 9.94. The first-order valence-corrected chi connectivity index (χ1v) is 15.5. The fourth-order valence-electron chi connectivity index (χ4n) is 5.79. The Morgan fingerprint density at radius 1 is 0.714 bits per heavy atom. The maximum Gasteiger partial charge on any atom is 0.494 e. The molecule has 42 heavy (non-hydrogen) atoms. The van der Waals surface area contributed by atoms with Crippen LogP contribution in [0, 0.1) is 0 Å². The van der Waals surface area contributed by atoms with Crippen LogP contribution in [0.15, 0.2) is 97.1 Å². The van der Waals surface area contributed by atoms with Gasteiger partial charge in [-0.05, 0) is 56.7 Å². The SMILES string of the molecule is CC(C)c1nc(-c2ccccc2)c(-c2ccccc2)n1-c1ccc2c(c1)sc1ccc(B3OC(C)(C)C(C)(C)O3)cc12. The lowest BCUT2D eigenvalue weighted by Crippen LogP contribution is -2.41. The van der Waals surface area contributed by atoms with E-state index in [4.69, 9.17) is 14.3 Å². The molecule has 7 rings (SSSR count). The third-order valence-corrected chi connectivity index (χ3v) is 9.91. The second-order valence-electron chi connectivity index (χ2n) is 12.5. The summed E-state index contributed by atoms with van der Waals surface area (Å²) >= 11 is 1.83. The minimum atomic E-state index is -0.377. The normalized spacial score (nSPS) is 16.2. The molecule has 0 amide bonds. The van der Waals surface area contributed by atoms with Gasteiger partial charge in [-0.2, -0.15) is 0 Å². The number of imidazole rings is 1. The second-order valence-corrected chi connectivity index (χ2v) is 13.6. The van der Waals surface area contributed by atoms with Gasteiger partial charge in [0.15, 0.2) is 0 Å². The topological polar surface area (TPSA) is 36.3 Å². The van der Waals surface area contributed by atoms with E-state index in [1.807, 2.05) is 11.3 Å². The molecule has 6 heteroatoms. The van der Waals surface area contributed by atoms with Gasteiger partial charge < -0.3 is 9.31 Å². The standard InChI is InChI=1S/C36H35BN2O2S/c1-23(2)34-38-32(24-13-9-7-10-14-24)33(25-15-11-8-12-16-25)39(34)27-18-19-28-29-21-26(17-20-30(29)42-31(28)22-27)37-40-35(3,4)36(5,6)41-37/h7-23H,1-6H3. The minimum absolute atomic E-state index is 0.241. The van der Waals surface area contributed by atoms with Gasteiger partial charge in [0.05, 0.1) is 22.6 Å². The number of nitrogens with zero attached hydrogens (tertiary/aromatic N) is 2. The van der Waals surface area contributed by atoms with Crippen LogP contribution in [0.2, 0.25) is 0 Å². The summed E-state index contributed by atoms with van der Waals surface area (Å²) in [5.74, 6) is 1.29. The molecule has 210 valence electrons. The zero-order valence-corrected chi connectivity index (χ0v) is 25.8. The Labute approximate surface area is 252 Å². The van der Waals surface area contributed by atoms with Crippen molar-refractivity contribution in [1.29, 1.82) is 0 Å². The van der Waals surface area contributed by atoms with Crippen LogP contribution in [0.25, 0.3) is 48.4 Å². The molecular weight excluding hydrogens is 535 g/mol. The van der Waals surface area contributed by atoms with Crippen molar-refractivity contribution in [3.05, 3.63) is 103 Å². The van der Waals surface area contributed by atoms with Gasteiger partial charge in [-0.15, -0.1) is 11.3 Å². The van der Waals surface area contributed by atoms with Gasteiger partial charge in [0.1, 0.15) is 5.82 Å². The van der Waals surface area contributed by atoms with Gasteiger partial charge in [0.2, 0.25) is 0 Å². The molecule has 4 nitrogen and oxygen atoms in total. The van der Waals surface area contributed by atoms with Crippen LogP contribution in [0.5, 0.6) is 0 Å². The molecular formula is C36H35BN2O2S. The highest BCUT2D eigenvalue weighted by molar-refractivity contribution is 7.25. The summed E-state index contributed by atoms with van der Waals surface area (Å²) in [5, 5.41) is 2.48. The number of thiophene rings is 1. The van der Waals surface area contributed by atoms with Crippen molar-refractivity contribution in [2.45, 2.75) is 58.7 Å². The number of rotatable bonds is 5. The first kappa shape index (κ1) is 27.1. The van der Waals surface area contributed by atoms with E-state index in [0.717, 1.165) is 39.5 Å². The third-order valence-electron chi connectivity index (χ3n) is 8.78. The van der Waals surface area contributed by atoms with Crippen molar-refractivity contribution in [3.8, 4) is 28.2 Å². The smallest absolute Gasteiger partial charge is 0.399 e. The van der Waals surface area contributed by atoms with Crippen molar-refractivity contribution in [2.24, 2.45) is 0 Å². The zero-order valence-electron chi connectivity index (χ0n) is 25.0. The van der Waals surface area contributed by atoms with Gasteiger partial charge in [0, 0.05) is 37.5 Å². The molecule has 1 fully saturated rings. The number of aromatic nitrogens is 2. The Hall–Kier alpha value is -3.71. The van der Waals surface area contributed by atoms with Crippen LogP contribution in [-0.4, -0.2) is 27.9 Å². The Morgan fingerprint density at radius 3 is 2.00 bits per heavy atom. The lowest BCUT2D eigenvalue weighted by Gasteiger charge is -2.32. The van der Waals surface area contributed by atoms with E-state index in [0.29, 0.717) is 0 Å². The largest absolute Gasteiger partial charge is 0.494 e.